The third kappa shape index (κ3) is 2.96. The molecule has 1 heterocycles. The van der Waals surface area contributed by atoms with Crippen molar-refractivity contribution in [2.45, 2.75) is 32.4 Å². The molecule has 0 bridgehead atoms. The van der Waals surface area contributed by atoms with Gasteiger partial charge in [-0.2, -0.15) is 5.10 Å². The molecule has 96 valence electrons. The zero-order chi connectivity index (χ0) is 13.0. The van der Waals surface area contributed by atoms with Crippen molar-refractivity contribution in [3.8, 4) is 0 Å². The number of aromatic nitrogens is 3. The molecule has 0 aliphatic heterocycles. The van der Waals surface area contributed by atoms with E-state index in [2.05, 4.69) is 53.5 Å². The molecular formula is C14H20N4. The van der Waals surface area contributed by atoms with Crippen molar-refractivity contribution in [1.82, 2.24) is 20.1 Å². The topological polar surface area (TPSA) is 42.7 Å². The monoisotopic (exact) mass is 244 g/mol. The first-order valence-electron chi connectivity index (χ1n) is 6.30. The Morgan fingerprint density at radius 3 is 2.33 bits per heavy atom. The summed E-state index contributed by atoms with van der Waals surface area (Å²) < 4.78 is 1.84. The van der Waals surface area contributed by atoms with E-state index in [9.17, 15) is 0 Å². The fourth-order valence-electron chi connectivity index (χ4n) is 1.99. The van der Waals surface area contributed by atoms with Gasteiger partial charge < -0.3 is 5.32 Å². The Bertz CT molecular complexity index is 459. The molecular weight excluding hydrogens is 224 g/mol. The number of likely N-dealkylation sites (N-methyl/N-ethyl adjacent to an activating group) is 1. The average molecular weight is 244 g/mol. The highest BCUT2D eigenvalue weighted by Gasteiger charge is 2.10. The minimum atomic E-state index is 0.257. The fourth-order valence-corrected chi connectivity index (χ4v) is 1.99. The Balaban J connectivity index is 2.12. The predicted octanol–water partition coefficient (Wildman–Crippen LogP) is 2.36. The normalized spacial score (nSPS) is 12.9. The molecule has 0 aliphatic carbocycles. The molecule has 1 aromatic carbocycles. The van der Waals surface area contributed by atoms with Gasteiger partial charge in [-0.3, -0.25) is 4.68 Å². The molecule has 1 aromatic heterocycles. The van der Waals surface area contributed by atoms with Gasteiger partial charge in [0.15, 0.2) is 0 Å². The highest BCUT2D eigenvalue weighted by atomic mass is 15.3. The molecule has 0 spiro atoms. The molecule has 0 amide bonds. The zero-order valence-corrected chi connectivity index (χ0v) is 11.2. The van der Waals surface area contributed by atoms with Crippen molar-refractivity contribution < 1.29 is 0 Å². The molecule has 0 saturated carbocycles. The summed E-state index contributed by atoms with van der Waals surface area (Å²) in [7, 11) is 1.97. The van der Waals surface area contributed by atoms with Crippen LogP contribution in [0.1, 0.15) is 36.9 Å². The zero-order valence-electron chi connectivity index (χ0n) is 11.2. The third-order valence-corrected chi connectivity index (χ3v) is 3.19. The molecule has 4 nitrogen and oxygen atoms in total. The van der Waals surface area contributed by atoms with E-state index in [-0.39, 0.29) is 6.04 Å². The molecule has 2 rings (SSSR count). The summed E-state index contributed by atoms with van der Waals surface area (Å²) in [6.45, 7) is 5.21. The molecule has 4 heteroatoms. The third-order valence-electron chi connectivity index (χ3n) is 3.19. The second-order valence-corrected chi connectivity index (χ2v) is 4.78. The molecule has 1 atom stereocenters. The van der Waals surface area contributed by atoms with E-state index in [0.29, 0.717) is 5.92 Å². The maximum absolute atomic E-state index is 4.14. The first kappa shape index (κ1) is 12.8. The van der Waals surface area contributed by atoms with Crippen LogP contribution in [0.4, 0.5) is 0 Å². The Morgan fingerprint density at radius 1 is 1.17 bits per heavy atom. The molecule has 1 unspecified atom stereocenters. The van der Waals surface area contributed by atoms with Crippen molar-refractivity contribution in [2.24, 2.45) is 0 Å². The molecule has 0 radical (unpaired) electrons. The Kier molecular flexibility index (Phi) is 4.10. The van der Waals surface area contributed by atoms with E-state index < -0.39 is 0 Å². The number of hydrogen-bond acceptors (Lipinski definition) is 3. The van der Waals surface area contributed by atoms with E-state index in [4.69, 9.17) is 0 Å². The molecule has 18 heavy (non-hydrogen) atoms. The van der Waals surface area contributed by atoms with Crippen molar-refractivity contribution >= 4 is 0 Å². The van der Waals surface area contributed by atoms with Gasteiger partial charge in [0.25, 0.3) is 0 Å². The van der Waals surface area contributed by atoms with E-state index in [1.807, 2.05) is 11.7 Å². The van der Waals surface area contributed by atoms with Crippen LogP contribution in [0, 0.1) is 0 Å². The second kappa shape index (κ2) is 5.78. The van der Waals surface area contributed by atoms with E-state index in [1.165, 1.54) is 11.1 Å². The lowest BCUT2D eigenvalue weighted by atomic mass is 9.99. The minimum Gasteiger partial charge on any atom is -0.311 e. The van der Waals surface area contributed by atoms with Crippen LogP contribution >= 0.6 is 0 Å². The van der Waals surface area contributed by atoms with Crippen LogP contribution in [0.15, 0.2) is 36.9 Å². The Labute approximate surface area is 108 Å². The van der Waals surface area contributed by atoms with E-state index in [1.54, 1.807) is 12.7 Å². The standard InChI is InChI=1S/C14H20N4/c1-11(2)12-4-6-13(7-5-12)14(15-3)8-18-10-16-9-17-18/h4-7,9-11,14-15H,8H2,1-3H3. The van der Waals surface area contributed by atoms with Gasteiger partial charge in [0.05, 0.1) is 12.6 Å². The molecule has 1 N–H and O–H groups in total. The lowest BCUT2D eigenvalue weighted by molar-refractivity contribution is 0.467. The van der Waals surface area contributed by atoms with Gasteiger partial charge in [0.1, 0.15) is 12.7 Å². The van der Waals surface area contributed by atoms with E-state index in [0.717, 1.165) is 6.54 Å². The van der Waals surface area contributed by atoms with E-state index >= 15 is 0 Å². The van der Waals surface area contributed by atoms with Gasteiger partial charge in [-0.1, -0.05) is 38.1 Å². The van der Waals surface area contributed by atoms with Crippen LogP contribution in [-0.4, -0.2) is 21.8 Å². The minimum absolute atomic E-state index is 0.257. The summed E-state index contributed by atoms with van der Waals surface area (Å²) in [4.78, 5) is 3.96. The number of hydrogen-bond donors (Lipinski definition) is 1. The summed E-state index contributed by atoms with van der Waals surface area (Å²) in [5, 5.41) is 7.46. The highest BCUT2D eigenvalue weighted by molar-refractivity contribution is 5.26. The maximum atomic E-state index is 4.14. The maximum Gasteiger partial charge on any atom is 0.137 e. The molecule has 0 saturated heterocycles. The predicted molar refractivity (Wildman–Crippen MR) is 72.4 cm³/mol. The first-order valence-corrected chi connectivity index (χ1v) is 6.30. The largest absolute Gasteiger partial charge is 0.311 e. The van der Waals surface area contributed by atoms with Gasteiger partial charge in [0.2, 0.25) is 0 Å². The van der Waals surface area contributed by atoms with Crippen LogP contribution < -0.4 is 5.32 Å². The van der Waals surface area contributed by atoms with Crippen molar-refractivity contribution in [2.75, 3.05) is 7.05 Å². The summed E-state index contributed by atoms with van der Waals surface area (Å²) in [6.07, 6.45) is 3.31. The van der Waals surface area contributed by atoms with Crippen LogP contribution in [0.3, 0.4) is 0 Å². The van der Waals surface area contributed by atoms with Gasteiger partial charge in [0, 0.05) is 0 Å². The molecule has 0 aliphatic rings. The number of nitrogens with zero attached hydrogens (tertiary/aromatic N) is 3. The first-order chi connectivity index (χ1) is 8.70. The summed E-state index contributed by atoms with van der Waals surface area (Å²) in [6, 6.07) is 9.03. The Morgan fingerprint density at radius 2 is 1.83 bits per heavy atom. The van der Waals surface area contributed by atoms with Gasteiger partial charge in [-0.15, -0.1) is 0 Å². The van der Waals surface area contributed by atoms with Crippen LogP contribution in [0.2, 0.25) is 0 Å². The Hall–Kier alpha value is -1.68. The average Bonchev–Trinajstić information content (AvgIpc) is 2.89. The smallest absolute Gasteiger partial charge is 0.137 e. The van der Waals surface area contributed by atoms with Gasteiger partial charge >= 0.3 is 0 Å². The quantitative estimate of drug-likeness (QED) is 0.878. The second-order valence-electron chi connectivity index (χ2n) is 4.78. The van der Waals surface area contributed by atoms with Crippen molar-refractivity contribution in [1.29, 1.82) is 0 Å². The lowest BCUT2D eigenvalue weighted by Gasteiger charge is -2.17. The number of nitrogens with one attached hydrogen (secondary N) is 1. The van der Waals surface area contributed by atoms with Crippen LogP contribution in [0.5, 0.6) is 0 Å². The molecule has 0 fully saturated rings. The van der Waals surface area contributed by atoms with Gasteiger partial charge in [-0.05, 0) is 24.1 Å². The lowest BCUT2D eigenvalue weighted by Crippen LogP contribution is -2.22. The number of benzene rings is 1. The van der Waals surface area contributed by atoms with Crippen molar-refractivity contribution in [3.05, 3.63) is 48.0 Å². The number of rotatable bonds is 5. The summed E-state index contributed by atoms with van der Waals surface area (Å²) in [5.74, 6) is 0.572. The fraction of sp³-hybridized carbons (Fsp3) is 0.429. The molecule has 2 aromatic rings. The van der Waals surface area contributed by atoms with Crippen LogP contribution in [-0.2, 0) is 6.54 Å². The van der Waals surface area contributed by atoms with Crippen molar-refractivity contribution in [3.63, 3.8) is 0 Å². The SMILES string of the molecule is CNC(Cn1cncn1)c1ccc(C(C)C)cc1. The van der Waals surface area contributed by atoms with Gasteiger partial charge in [-0.25, -0.2) is 4.98 Å². The summed E-state index contributed by atoms with van der Waals surface area (Å²) in [5.41, 5.74) is 2.65. The van der Waals surface area contributed by atoms with Crippen LogP contribution in [0.25, 0.3) is 0 Å². The summed E-state index contributed by atoms with van der Waals surface area (Å²) >= 11 is 0. The highest BCUT2D eigenvalue weighted by Crippen LogP contribution is 2.19.